The number of aliphatic hydroxyl groups excluding tert-OH is 4. The fraction of sp³-hybridized carbons (Fsp3) is 0.630. The Hall–Kier alpha value is -1.70. The zero-order chi connectivity index (χ0) is 23.9. The van der Waals surface area contributed by atoms with Gasteiger partial charge < -0.3 is 29.9 Å². The Labute approximate surface area is 198 Å². The van der Waals surface area contributed by atoms with Crippen LogP contribution in [0.2, 0.25) is 0 Å². The summed E-state index contributed by atoms with van der Waals surface area (Å²) in [5.74, 6) is 0.521. The van der Waals surface area contributed by atoms with Crippen LogP contribution in [-0.2, 0) is 11.2 Å². The zero-order valence-corrected chi connectivity index (χ0v) is 19.9. The number of hydrogen-bond acceptors (Lipinski definition) is 6. The summed E-state index contributed by atoms with van der Waals surface area (Å²) in [7, 11) is 0. The van der Waals surface area contributed by atoms with Crippen LogP contribution in [0.4, 0.5) is 0 Å². The maximum Gasteiger partial charge on any atom is 0.229 e. The molecule has 6 heteroatoms. The lowest BCUT2D eigenvalue weighted by Gasteiger charge is -2.39. The molecule has 0 saturated carbocycles. The van der Waals surface area contributed by atoms with Gasteiger partial charge in [-0.05, 0) is 56.2 Å². The molecular weight excluding hydrogens is 420 g/mol. The van der Waals surface area contributed by atoms with Gasteiger partial charge in [-0.15, -0.1) is 0 Å². The fourth-order valence-electron chi connectivity index (χ4n) is 3.87. The molecule has 1 saturated heterocycles. The van der Waals surface area contributed by atoms with Crippen LogP contribution in [0.1, 0.15) is 70.3 Å². The van der Waals surface area contributed by atoms with Crippen molar-refractivity contribution in [1.82, 2.24) is 0 Å². The van der Waals surface area contributed by atoms with Gasteiger partial charge in [-0.3, -0.25) is 0 Å². The SMILES string of the molecule is CCC/C=C\C/C=C\CCCCCCCc1cccc(O[C@@H]2OC(CO)[C@H](O)[C@H](O)C2O)c1. The maximum absolute atomic E-state index is 10.1. The van der Waals surface area contributed by atoms with Crippen LogP contribution in [-0.4, -0.2) is 57.7 Å². The molecule has 4 N–H and O–H groups in total. The predicted octanol–water partition coefficient (Wildman–Crippen LogP) is 4.05. The molecule has 1 fully saturated rings. The monoisotopic (exact) mass is 462 g/mol. The van der Waals surface area contributed by atoms with E-state index >= 15 is 0 Å². The van der Waals surface area contributed by atoms with Gasteiger partial charge in [0.05, 0.1) is 6.61 Å². The second-order valence-electron chi connectivity index (χ2n) is 8.74. The van der Waals surface area contributed by atoms with Gasteiger partial charge in [-0.1, -0.05) is 69.0 Å². The van der Waals surface area contributed by atoms with E-state index in [1.807, 2.05) is 18.2 Å². The Morgan fingerprint density at radius 3 is 2.36 bits per heavy atom. The summed E-state index contributed by atoms with van der Waals surface area (Å²) in [5, 5.41) is 39.2. The minimum Gasteiger partial charge on any atom is -0.462 e. The van der Waals surface area contributed by atoms with Crippen molar-refractivity contribution < 1.29 is 29.9 Å². The van der Waals surface area contributed by atoms with Crippen molar-refractivity contribution in [1.29, 1.82) is 0 Å². The van der Waals surface area contributed by atoms with Crippen molar-refractivity contribution in [3.05, 3.63) is 54.1 Å². The molecule has 186 valence electrons. The molecule has 0 bridgehead atoms. The normalized spacial score (nSPS) is 25.8. The molecule has 0 radical (unpaired) electrons. The molecule has 33 heavy (non-hydrogen) atoms. The van der Waals surface area contributed by atoms with Gasteiger partial charge in [0.1, 0.15) is 30.2 Å². The largest absolute Gasteiger partial charge is 0.462 e. The van der Waals surface area contributed by atoms with Gasteiger partial charge in [0.2, 0.25) is 6.29 Å². The third kappa shape index (κ3) is 9.98. The number of ether oxygens (including phenoxy) is 2. The molecule has 5 atom stereocenters. The van der Waals surface area contributed by atoms with E-state index in [0.717, 1.165) is 31.2 Å². The summed E-state index contributed by atoms with van der Waals surface area (Å²) >= 11 is 0. The molecule has 2 rings (SSSR count). The summed E-state index contributed by atoms with van der Waals surface area (Å²) in [5.41, 5.74) is 1.14. The van der Waals surface area contributed by atoms with E-state index in [1.165, 1.54) is 38.5 Å². The first-order chi connectivity index (χ1) is 16.1. The fourth-order valence-corrected chi connectivity index (χ4v) is 3.87. The number of aliphatic hydroxyl groups is 4. The minimum atomic E-state index is -1.44. The lowest BCUT2D eigenvalue weighted by Crippen LogP contribution is -2.60. The standard InChI is InChI=1S/C27H42O6/c1-2-3-4-5-6-7-8-9-10-11-12-13-14-16-21-17-15-18-22(19-21)32-27-26(31)25(30)24(29)23(20-28)33-27/h4-5,7-8,15,17-19,23-31H,2-3,6,9-14,16,20H2,1H3/b5-4-,8-7-/t23?,24-,25-,26?,27+/m0/s1. The lowest BCUT2D eigenvalue weighted by molar-refractivity contribution is -0.277. The van der Waals surface area contributed by atoms with Gasteiger partial charge >= 0.3 is 0 Å². The highest BCUT2D eigenvalue weighted by molar-refractivity contribution is 5.28. The van der Waals surface area contributed by atoms with E-state index < -0.39 is 37.3 Å². The van der Waals surface area contributed by atoms with Crippen molar-refractivity contribution in [2.24, 2.45) is 0 Å². The molecule has 1 heterocycles. The van der Waals surface area contributed by atoms with Gasteiger partial charge in [-0.2, -0.15) is 0 Å². The van der Waals surface area contributed by atoms with Gasteiger partial charge in [-0.25, -0.2) is 0 Å². The van der Waals surface area contributed by atoms with Crippen molar-refractivity contribution >= 4 is 0 Å². The summed E-state index contributed by atoms with van der Waals surface area (Å²) < 4.78 is 11.1. The number of hydrogen-bond donors (Lipinski definition) is 4. The molecule has 1 aliphatic rings. The second kappa shape index (κ2) is 16.0. The topological polar surface area (TPSA) is 99.4 Å². The smallest absolute Gasteiger partial charge is 0.229 e. The zero-order valence-electron chi connectivity index (χ0n) is 19.9. The maximum atomic E-state index is 10.1. The molecule has 0 amide bonds. The molecule has 0 spiro atoms. The summed E-state index contributed by atoms with van der Waals surface area (Å²) in [6.45, 7) is 1.72. The Bertz CT molecular complexity index is 702. The Morgan fingerprint density at radius 2 is 1.61 bits per heavy atom. The van der Waals surface area contributed by atoms with E-state index in [4.69, 9.17) is 9.47 Å². The summed E-state index contributed by atoms with van der Waals surface area (Å²) in [4.78, 5) is 0. The number of allylic oxidation sites excluding steroid dienone is 4. The van der Waals surface area contributed by atoms with Crippen LogP contribution in [0.3, 0.4) is 0 Å². The Morgan fingerprint density at radius 1 is 0.879 bits per heavy atom. The highest BCUT2D eigenvalue weighted by atomic mass is 16.7. The summed E-state index contributed by atoms with van der Waals surface area (Å²) in [6, 6.07) is 7.59. The molecular formula is C27H42O6. The molecule has 0 aliphatic carbocycles. The molecule has 1 aliphatic heterocycles. The van der Waals surface area contributed by atoms with Crippen LogP contribution in [0.5, 0.6) is 5.75 Å². The van der Waals surface area contributed by atoms with Crippen molar-refractivity contribution in [3.8, 4) is 5.75 Å². The predicted molar refractivity (Wildman–Crippen MR) is 130 cm³/mol. The lowest BCUT2D eigenvalue weighted by atomic mass is 9.99. The molecule has 1 aromatic rings. The highest BCUT2D eigenvalue weighted by Gasteiger charge is 2.44. The minimum absolute atomic E-state index is 0.475. The van der Waals surface area contributed by atoms with Crippen molar-refractivity contribution in [2.75, 3.05) is 6.61 Å². The van der Waals surface area contributed by atoms with Crippen LogP contribution < -0.4 is 4.74 Å². The first-order valence-electron chi connectivity index (χ1n) is 12.4. The molecule has 6 nitrogen and oxygen atoms in total. The van der Waals surface area contributed by atoms with Crippen molar-refractivity contribution in [2.45, 2.75) is 102 Å². The van der Waals surface area contributed by atoms with Crippen LogP contribution in [0, 0.1) is 0 Å². The first-order valence-corrected chi connectivity index (χ1v) is 12.4. The van der Waals surface area contributed by atoms with E-state index in [0.29, 0.717) is 5.75 Å². The highest BCUT2D eigenvalue weighted by Crippen LogP contribution is 2.25. The number of rotatable bonds is 15. The van der Waals surface area contributed by atoms with Crippen LogP contribution >= 0.6 is 0 Å². The Balaban J connectivity index is 1.63. The average Bonchev–Trinajstić information content (AvgIpc) is 2.82. The number of aryl methyl sites for hydroxylation is 1. The molecule has 0 aromatic heterocycles. The quantitative estimate of drug-likeness (QED) is 0.232. The van der Waals surface area contributed by atoms with Gasteiger partial charge in [0, 0.05) is 0 Å². The summed E-state index contributed by atoms with van der Waals surface area (Å²) in [6.07, 6.45) is 14.2. The second-order valence-corrected chi connectivity index (χ2v) is 8.74. The first kappa shape index (κ1) is 27.5. The van der Waals surface area contributed by atoms with E-state index in [9.17, 15) is 20.4 Å². The van der Waals surface area contributed by atoms with Crippen LogP contribution in [0.25, 0.3) is 0 Å². The van der Waals surface area contributed by atoms with E-state index in [1.54, 1.807) is 6.07 Å². The Kier molecular flexibility index (Phi) is 13.4. The van der Waals surface area contributed by atoms with Crippen molar-refractivity contribution in [3.63, 3.8) is 0 Å². The third-order valence-electron chi connectivity index (χ3n) is 5.90. The number of unbranched alkanes of at least 4 members (excludes halogenated alkanes) is 6. The van der Waals surface area contributed by atoms with E-state index in [2.05, 4.69) is 31.2 Å². The van der Waals surface area contributed by atoms with Gasteiger partial charge in [0.25, 0.3) is 0 Å². The van der Waals surface area contributed by atoms with Gasteiger partial charge in [0.15, 0.2) is 0 Å². The van der Waals surface area contributed by atoms with E-state index in [-0.39, 0.29) is 0 Å². The van der Waals surface area contributed by atoms with Crippen LogP contribution in [0.15, 0.2) is 48.6 Å². The molecule has 2 unspecified atom stereocenters. The number of benzene rings is 1. The molecule has 1 aromatic carbocycles. The third-order valence-corrected chi connectivity index (χ3v) is 5.90. The average molecular weight is 463 g/mol.